The van der Waals surface area contributed by atoms with Crippen molar-refractivity contribution in [2.75, 3.05) is 19.6 Å². The lowest BCUT2D eigenvalue weighted by Crippen LogP contribution is -2.79. The van der Waals surface area contributed by atoms with Gasteiger partial charge in [-0.25, -0.2) is 13.2 Å². The molecule has 1 spiro atoms. The Labute approximate surface area is 163 Å². The third kappa shape index (κ3) is 3.47. The quantitative estimate of drug-likeness (QED) is 0.813. The van der Waals surface area contributed by atoms with Gasteiger partial charge in [0.1, 0.15) is 11.3 Å². The van der Waals surface area contributed by atoms with Crippen LogP contribution >= 0.6 is 0 Å². The Balaban J connectivity index is 1.97. The van der Waals surface area contributed by atoms with Crippen LogP contribution in [-0.4, -0.2) is 55.0 Å². The van der Waals surface area contributed by atoms with Crippen LogP contribution in [0.1, 0.15) is 39.1 Å². The molecule has 0 bridgehead atoms. The molecule has 10 heteroatoms. The number of carbonyl (C=O) groups is 1. The molecule has 0 radical (unpaired) electrons. The molecule has 2 fully saturated rings. The van der Waals surface area contributed by atoms with Crippen molar-refractivity contribution in [3.8, 4) is 0 Å². The Bertz CT molecular complexity index is 902. The second kappa shape index (κ2) is 6.35. The first kappa shape index (κ1) is 20.9. The molecule has 1 aromatic rings. The monoisotopic (exact) mass is 417 g/mol. The molecular formula is C18H25F2N3O4S. The van der Waals surface area contributed by atoms with E-state index in [1.54, 1.807) is 20.8 Å². The number of aromatic nitrogens is 1. The molecule has 1 aromatic heterocycles. The van der Waals surface area contributed by atoms with E-state index in [0.717, 1.165) is 12.1 Å². The van der Waals surface area contributed by atoms with E-state index < -0.39 is 43.9 Å². The Morgan fingerprint density at radius 3 is 2.32 bits per heavy atom. The second-order valence-corrected chi connectivity index (χ2v) is 10.6. The minimum absolute atomic E-state index is 0.0162. The van der Waals surface area contributed by atoms with Crippen molar-refractivity contribution in [2.45, 2.75) is 56.4 Å². The van der Waals surface area contributed by atoms with Crippen molar-refractivity contribution in [1.29, 1.82) is 0 Å². The van der Waals surface area contributed by atoms with E-state index in [9.17, 15) is 22.0 Å². The van der Waals surface area contributed by atoms with Crippen LogP contribution in [0.2, 0.25) is 0 Å². The van der Waals surface area contributed by atoms with Crippen LogP contribution in [0.25, 0.3) is 0 Å². The summed E-state index contributed by atoms with van der Waals surface area (Å²) >= 11 is 0. The van der Waals surface area contributed by atoms with Crippen LogP contribution in [0.3, 0.4) is 0 Å². The minimum Gasteiger partial charge on any atom is -0.444 e. The summed E-state index contributed by atoms with van der Waals surface area (Å²) in [6.07, 6.45) is -0.707. The molecule has 3 heterocycles. The van der Waals surface area contributed by atoms with Crippen LogP contribution in [0.5, 0.6) is 0 Å². The minimum atomic E-state index is -4.04. The van der Waals surface area contributed by atoms with Gasteiger partial charge in [-0.2, -0.15) is 8.78 Å². The summed E-state index contributed by atoms with van der Waals surface area (Å²) < 4.78 is 59.1. The zero-order valence-corrected chi connectivity index (χ0v) is 17.4. The van der Waals surface area contributed by atoms with Crippen LogP contribution in [0, 0.1) is 12.3 Å². The topological polar surface area (TPSA) is 88.6 Å². The average Bonchev–Trinajstić information content (AvgIpc) is 2.40. The van der Waals surface area contributed by atoms with Gasteiger partial charge in [-0.1, -0.05) is 0 Å². The number of pyridine rings is 1. The normalized spacial score (nSPS) is 21.8. The Morgan fingerprint density at radius 2 is 1.89 bits per heavy atom. The molecule has 28 heavy (non-hydrogen) atoms. The van der Waals surface area contributed by atoms with Gasteiger partial charge in [0.2, 0.25) is 9.84 Å². The van der Waals surface area contributed by atoms with Crippen molar-refractivity contribution in [2.24, 2.45) is 5.41 Å². The molecule has 156 valence electrons. The lowest BCUT2D eigenvalue weighted by atomic mass is 9.74. The number of aryl methyl sites for hydroxylation is 1. The third-order valence-corrected chi connectivity index (χ3v) is 7.35. The van der Waals surface area contributed by atoms with E-state index in [1.165, 1.54) is 11.8 Å². The van der Waals surface area contributed by atoms with Gasteiger partial charge < -0.3 is 10.1 Å². The smallest absolute Gasteiger partial charge is 0.411 e. The summed E-state index contributed by atoms with van der Waals surface area (Å²) in [4.78, 5) is 17.4. The van der Waals surface area contributed by atoms with Crippen LogP contribution in [0.15, 0.2) is 17.0 Å². The predicted molar refractivity (Wildman–Crippen MR) is 97.8 cm³/mol. The number of sulfone groups is 1. The first-order chi connectivity index (χ1) is 12.7. The van der Waals surface area contributed by atoms with E-state index in [0.29, 0.717) is 20.0 Å². The molecule has 1 amide bonds. The van der Waals surface area contributed by atoms with Crippen molar-refractivity contribution in [1.82, 2.24) is 15.2 Å². The van der Waals surface area contributed by atoms with Gasteiger partial charge in [0.25, 0.3) is 5.92 Å². The number of likely N-dealkylation sites (tertiary alicyclic amines) is 1. The first-order valence-electron chi connectivity index (χ1n) is 8.98. The number of amides is 1. The van der Waals surface area contributed by atoms with Crippen molar-refractivity contribution in [3.05, 3.63) is 23.5 Å². The lowest BCUT2D eigenvalue weighted by molar-refractivity contribution is -0.0734. The number of carbonyl (C=O) groups excluding carboxylic acids is 1. The van der Waals surface area contributed by atoms with Gasteiger partial charge >= 0.3 is 6.09 Å². The summed E-state index contributed by atoms with van der Waals surface area (Å²) in [7, 11) is -4.04. The van der Waals surface area contributed by atoms with Gasteiger partial charge in [-0.3, -0.25) is 9.88 Å². The molecule has 2 aliphatic heterocycles. The predicted octanol–water partition coefficient (Wildman–Crippen LogP) is 2.44. The van der Waals surface area contributed by atoms with Crippen molar-refractivity contribution >= 4 is 15.9 Å². The van der Waals surface area contributed by atoms with Gasteiger partial charge in [0.05, 0.1) is 10.6 Å². The summed E-state index contributed by atoms with van der Waals surface area (Å²) in [5.74, 6) is -3.18. The maximum absolute atomic E-state index is 13.5. The fourth-order valence-corrected chi connectivity index (χ4v) is 5.99. The first-order valence-corrected chi connectivity index (χ1v) is 10.5. The maximum atomic E-state index is 13.5. The molecule has 0 aromatic carbocycles. The summed E-state index contributed by atoms with van der Waals surface area (Å²) in [6.45, 7) is 8.35. The number of hydrogen-bond acceptors (Lipinski definition) is 6. The molecule has 1 atom stereocenters. The molecule has 0 saturated carbocycles. The number of rotatable bonds is 3. The summed E-state index contributed by atoms with van der Waals surface area (Å²) in [6, 6.07) is 2.16. The Morgan fingerprint density at radius 1 is 1.29 bits per heavy atom. The van der Waals surface area contributed by atoms with E-state index in [4.69, 9.17) is 4.74 Å². The molecule has 1 unspecified atom stereocenters. The molecule has 2 saturated heterocycles. The maximum Gasteiger partial charge on any atom is 0.411 e. The Kier molecular flexibility index (Phi) is 4.74. The van der Waals surface area contributed by atoms with Crippen LogP contribution in [-0.2, 0) is 20.5 Å². The van der Waals surface area contributed by atoms with E-state index in [1.807, 2.05) is 0 Å². The zero-order chi connectivity index (χ0) is 21.1. The lowest BCUT2D eigenvalue weighted by Gasteiger charge is -2.60. The molecular weight excluding hydrogens is 392 g/mol. The number of halogens is 2. The Hall–Kier alpha value is -1.81. The fourth-order valence-electron chi connectivity index (χ4n) is 3.64. The highest BCUT2D eigenvalue weighted by Crippen LogP contribution is 2.47. The molecule has 1 N–H and O–H groups in total. The van der Waals surface area contributed by atoms with Crippen LogP contribution < -0.4 is 5.32 Å². The number of hydrogen-bond donors (Lipinski definition) is 1. The van der Waals surface area contributed by atoms with Crippen molar-refractivity contribution in [3.63, 3.8) is 0 Å². The van der Waals surface area contributed by atoms with Gasteiger partial charge in [0, 0.05) is 32.0 Å². The molecule has 3 rings (SSSR count). The highest BCUT2D eigenvalue weighted by molar-refractivity contribution is 7.92. The van der Waals surface area contributed by atoms with Gasteiger partial charge in [0.15, 0.2) is 5.37 Å². The average molecular weight is 417 g/mol. The van der Waals surface area contributed by atoms with Gasteiger partial charge in [-0.15, -0.1) is 0 Å². The summed E-state index contributed by atoms with van der Waals surface area (Å²) in [5.41, 5.74) is -1.88. The number of alkyl halides is 2. The largest absolute Gasteiger partial charge is 0.444 e. The fraction of sp³-hybridized carbons (Fsp3) is 0.667. The molecule has 2 aliphatic rings. The zero-order valence-electron chi connectivity index (χ0n) is 16.5. The molecule has 0 aliphatic carbocycles. The van der Waals surface area contributed by atoms with Gasteiger partial charge in [-0.05, 0) is 39.8 Å². The summed E-state index contributed by atoms with van der Waals surface area (Å²) in [5, 5.41) is 1.93. The third-order valence-electron chi connectivity index (χ3n) is 4.96. The number of nitrogens with one attached hydrogen (secondary N) is 1. The molecule has 7 nitrogen and oxygen atoms in total. The van der Waals surface area contributed by atoms with E-state index in [-0.39, 0.29) is 17.1 Å². The highest BCUT2D eigenvalue weighted by atomic mass is 32.2. The van der Waals surface area contributed by atoms with Crippen LogP contribution in [0.4, 0.5) is 13.6 Å². The van der Waals surface area contributed by atoms with E-state index in [2.05, 4.69) is 10.3 Å². The van der Waals surface area contributed by atoms with E-state index >= 15 is 0 Å². The highest BCUT2D eigenvalue weighted by Gasteiger charge is 2.64. The van der Waals surface area contributed by atoms with Crippen molar-refractivity contribution < 1.29 is 26.7 Å². The SMILES string of the molecule is Cc1nc(C(C)(F)F)ccc1S(=O)(=O)C1N(C(=O)OC(C)(C)C)CC12CNC2. The number of ether oxygens (including phenoxy) is 1. The standard InChI is InChI=1S/C18H25F2N3O4S/c1-11-12(6-7-13(22-11)17(5,19)20)28(25,26)14-18(8-21-9-18)10-23(14)15(24)27-16(2,3)4/h6-7,14,21H,8-10H2,1-5H3. The second-order valence-electron chi connectivity index (χ2n) is 8.64. The number of nitrogens with zero attached hydrogens (tertiary/aromatic N) is 2.